The molecule has 6 rings (SSSR count). The van der Waals surface area contributed by atoms with Crippen molar-refractivity contribution in [1.29, 1.82) is 0 Å². The van der Waals surface area contributed by atoms with Crippen LogP contribution in [0, 0.1) is 12.8 Å². The molecular formula is C35H41N7O5S. The normalized spacial score (nSPS) is 17.9. The SMILES string of the molecule is Cc1nc(-c2cccnc2)ncc1C(=O)N1CCCCN(C(=O)C2CCS(=O)(=O)CC2)CCOc2cccc(c2)-c2nccn2CCC1. The van der Waals surface area contributed by atoms with Gasteiger partial charge in [-0.2, -0.15) is 0 Å². The van der Waals surface area contributed by atoms with Crippen LogP contribution in [0.4, 0.5) is 0 Å². The molecule has 48 heavy (non-hydrogen) atoms. The van der Waals surface area contributed by atoms with E-state index in [0.29, 0.717) is 94.3 Å². The Morgan fingerprint density at radius 3 is 2.40 bits per heavy atom. The third-order valence-electron chi connectivity index (χ3n) is 9.00. The molecule has 2 bridgehead atoms. The van der Waals surface area contributed by atoms with Gasteiger partial charge in [-0.15, -0.1) is 0 Å². The van der Waals surface area contributed by atoms with Crippen molar-refractivity contribution in [2.24, 2.45) is 5.92 Å². The number of carbonyl (C=O) groups is 2. The van der Waals surface area contributed by atoms with Crippen LogP contribution in [-0.4, -0.2) is 98.8 Å². The molecule has 252 valence electrons. The summed E-state index contributed by atoms with van der Waals surface area (Å²) in [6.07, 6.45) is 11.4. The fourth-order valence-electron chi connectivity index (χ4n) is 6.31. The van der Waals surface area contributed by atoms with Crippen LogP contribution in [0.1, 0.15) is 48.2 Å². The van der Waals surface area contributed by atoms with Crippen LogP contribution in [0.25, 0.3) is 22.8 Å². The lowest BCUT2D eigenvalue weighted by Crippen LogP contribution is -2.42. The summed E-state index contributed by atoms with van der Waals surface area (Å²) in [5.41, 5.74) is 2.74. The summed E-state index contributed by atoms with van der Waals surface area (Å²) in [6.45, 7) is 4.67. The Morgan fingerprint density at radius 1 is 0.854 bits per heavy atom. The molecule has 1 fully saturated rings. The topological polar surface area (TPSA) is 140 Å². The number of nitrogens with zero attached hydrogens (tertiary/aromatic N) is 7. The van der Waals surface area contributed by atoms with Gasteiger partial charge in [0.05, 0.1) is 29.3 Å². The fourth-order valence-corrected chi connectivity index (χ4v) is 7.80. The van der Waals surface area contributed by atoms with Crippen LogP contribution < -0.4 is 4.74 Å². The van der Waals surface area contributed by atoms with Crippen molar-refractivity contribution >= 4 is 21.7 Å². The first-order valence-corrected chi connectivity index (χ1v) is 18.4. The first-order valence-electron chi connectivity index (χ1n) is 16.5. The smallest absolute Gasteiger partial charge is 0.257 e. The van der Waals surface area contributed by atoms with Crippen molar-refractivity contribution in [3.63, 3.8) is 0 Å². The molecule has 0 N–H and O–H groups in total. The maximum Gasteiger partial charge on any atom is 0.257 e. The van der Waals surface area contributed by atoms with Gasteiger partial charge in [-0.25, -0.2) is 23.4 Å². The van der Waals surface area contributed by atoms with Gasteiger partial charge in [0.2, 0.25) is 5.91 Å². The molecule has 0 saturated carbocycles. The van der Waals surface area contributed by atoms with Crippen LogP contribution in [0.2, 0.25) is 0 Å². The summed E-state index contributed by atoms with van der Waals surface area (Å²) >= 11 is 0. The number of carbonyl (C=O) groups excluding carboxylic acids is 2. The number of fused-ring (bicyclic) bond motifs is 4. The number of sulfone groups is 1. The highest BCUT2D eigenvalue weighted by atomic mass is 32.2. The number of benzene rings is 1. The van der Waals surface area contributed by atoms with E-state index in [4.69, 9.17) is 4.74 Å². The Kier molecular flexibility index (Phi) is 10.4. The zero-order chi connectivity index (χ0) is 33.5. The quantitative estimate of drug-likeness (QED) is 0.315. The van der Waals surface area contributed by atoms with Gasteiger partial charge in [-0.05, 0) is 63.3 Å². The number of hydrogen-bond donors (Lipinski definition) is 0. The van der Waals surface area contributed by atoms with Crippen molar-refractivity contribution in [3.8, 4) is 28.5 Å². The molecule has 5 heterocycles. The third-order valence-corrected chi connectivity index (χ3v) is 10.7. The molecule has 1 saturated heterocycles. The number of imidazole rings is 1. The minimum atomic E-state index is -3.08. The molecule has 3 aromatic heterocycles. The van der Waals surface area contributed by atoms with Gasteiger partial charge in [0.1, 0.15) is 28.0 Å². The van der Waals surface area contributed by atoms with E-state index < -0.39 is 9.84 Å². The van der Waals surface area contributed by atoms with E-state index in [9.17, 15) is 18.0 Å². The summed E-state index contributed by atoms with van der Waals surface area (Å²) < 4.78 is 32.3. The van der Waals surface area contributed by atoms with Crippen LogP contribution in [-0.2, 0) is 21.2 Å². The molecule has 2 aliphatic rings. The largest absolute Gasteiger partial charge is 0.492 e. The second-order valence-electron chi connectivity index (χ2n) is 12.4. The molecule has 2 aliphatic heterocycles. The minimum absolute atomic E-state index is 0.0309. The second-order valence-corrected chi connectivity index (χ2v) is 14.7. The molecule has 12 nitrogen and oxygen atoms in total. The predicted octanol–water partition coefficient (Wildman–Crippen LogP) is 4.07. The van der Waals surface area contributed by atoms with Crippen LogP contribution >= 0.6 is 0 Å². The van der Waals surface area contributed by atoms with Crippen molar-refractivity contribution in [1.82, 2.24) is 34.3 Å². The van der Waals surface area contributed by atoms with Gasteiger partial charge in [0.15, 0.2) is 5.82 Å². The number of ether oxygens (including phenoxy) is 1. The zero-order valence-corrected chi connectivity index (χ0v) is 28.0. The molecule has 0 aliphatic carbocycles. The summed E-state index contributed by atoms with van der Waals surface area (Å²) in [5, 5.41) is 0. The third kappa shape index (κ3) is 8.07. The predicted molar refractivity (Wildman–Crippen MR) is 181 cm³/mol. The summed E-state index contributed by atoms with van der Waals surface area (Å²) in [4.78, 5) is 49.2. The van der Waals surface area contributed by atoms with Crippen LogP contribution in [0.5, 0.6) is 5.75 Å². The lowest BCUT2D eigenvalue weighted by atomic mass is 10.0. The summed E-state index contributed by atoms with van der Waals surface area (Å²) in [7, 11) is -3.08. The monoisotopic (exact) mass is 671 g/mol. The Morgan fingerprint density at radius 2 is 1.62 bits per heavy atom. The van der Waals surface area contributed by atoms with Gasteiger partial charge in [-0.1, -0.05) is 12.1 Å². The van der Waals surface area contributed by atoms with Crippen molar-refractivity contribution < 1.29 is 22.7 Å². The van der Waals surface area contributed by atoms with E-state index in [-0.39, 0.29) is 29.2 Å². The van der Waals surface area contributed by atoms with E-state index in [0.717, 1.165) is 17.0 Å². The summed E-state index contributed by atoms with van der Waals surface area (Å²) in [5.74, 6) is 1.61. The molecule has 2 amide bonds. The fraction of sp³-hybridized carbons (Fsp3) is 0.429. The molecule has 0 spiro atoms. The van der Waals surface area contributed by atoms with Crippen molar-refractivity contribution in [2.75, 3.05) is 44.3 Å². The van der Waals surface area contributed by atoms with Gasteiger partial charge in [0, 0.05) is 74.2 Å². The van der Waals surface area contributed by atoms with E-state index >= 15 is 0 Å². The highest BCUT2D eigenvalue weighted by molar-refractivity contribution is 7.91. The average molecular weight is 672 g/mol. The molecule has 0 radical (unpaired) electrons. The highest BCUT2D eigenvalue weighted by Crippen LogP contribution is 2.25. The lowest BCUT2D eigenvalue weighted by molar-refractivity contribution is -0.136. The van der Waals surface area contributed by atoms with Gasteiger partial charge in [-0.3, -0.25) is 14.6 Å². The molecule has 1 aromatic carbocycles. The van der Waals surface area contributed by atoms with E-state index in [2.05, 4.69) is 24.5 Å². The Bertz CT molecular complexity index is 1830. The van der Waals surface area contributed by atoms with Crippen LogP contribution in [0.15, 0.2) is 67.4 Å². The van der Waals surface area contributed by atoms with Crippen molar-refractivity contribution in [3.05, 3.63) is 78.6 Å². The maximum atomic E-state index is 14.0. The van der Waals surface area contributed by atoms with E-state index in [1.54, 1.807) is 29.7 Å². The minimum Gasteiger partial charge on any atom is -0.492 e. The Balaban J connectivity index is 1.22. The average Bonchev–Trinajstić information content (AvgIpc) is 3.56. The number of hydrogen-bond acceptors (Lipinski definition) is 9. The number of amides is 2. The Labute approximate surface area is 281 Å². The molecule has 13 heteroatoms. The van der Waals surface area contributed by atoms with E-state index in [1.165, 1.54) is 0 Å². The number of rotatable bonds is 3. The first-order chi connectivity index (χ1) is 23.3. The molecular weight excluding hydrogens is 630 g/mol. The van der Waals surface area contributed by atoms with E-state index in [1.807, 2.05) is 54.4 Å². The number of pyridine rings is 1. The molecule has 0 unspecified atom stereocenters. The standard InChI is InChI=1S/C35H41N7O5S/c1-26-31(25-38-32(39-26)29-8-5-12-36-24-29)35(44)41-14-2-3-15-42(34(43)27-10-21-48(45,46)22-11-27)19-20-47-30-9-4-7-28(23-30)33-37-13-18-40(33)16-6-17-41/h4-5,7-9,12-13,18,23-25,27H,2-3,6,10-11,14-17,19-22H2,1H3. The van der Waals surface area contributed by atoms with Gasteiger partial charge in [0.25, 0.3) is 5.91 Å². The molecule has 0 atom stereocenters. The zero-order valence-electron chi connectivity index (χ0n) is 27.2. The number of aromatic nitrogens is 5. The lowest BCUT2D eigenvalue weighted by Gasteiger charge is -2.30. The second kappa shape index (κ2) is 15.1. The van der Waals surface area contributed by atoms with Gasteiger partial charge >= 0.3 is 0 Å². The maximum absolute atomic E-state index is 14.0. The highest BCUT2D eigenvalue weighted by Gasteiger charge is 2.31. The van der Waals surface area contributed by atoms with Crippen LogP contribution in [0.3, 0.4) is 0 Å². The van der Waals surface area contributed by atoms with Crippen molar-refractivity contribution in [2.45, 2.75) is 45.6 Å². The first kappa shape index (κ1) is 33.3. The number of aryl methyl sites for hydroxylation is 2. The summed E-state index contributed by atoms with van der Waals surface area (Å²) in [6, 6.07) is 11.5. The molecule has 4 aromatic rings. The van der Waals surface area contributed by atoms with Gasteiger partial charge < -0.3 is 19.1 Å². The Hall–Kier alpha value is -4.65.